The van der Waals surface area contributed by atoms with Crippen LogP contribution in [0.5, 0.6) is 0 Å². The number of para-hydroxylation sites is 2. The third-order valence-electron chi connectivity index (χ3n) is 2.66. The number of nitrogens with one attached hydrogen (secondary N) is 1. The van der Waals surface area contributed by atoms with E-state index in [-0.39, 0.29) is 16.9 Å². The van der Waals surface area contributed by atoms with Crippen molar-refractivity contribution in [3.63, 3.8) is 0 Å². The van der Waals surface area contributed by atoms with Gasteiger partial charge < -0.3 is 10.4 Å². The second-order valence-electron chi connectivity index (χ2n) is 4.02. The van der Waals surface area contributed by atoms with Gasteiger partial charge in [0.25, 0.3) is 0 Å². The maximum atomic E-state index is 12.9. The van der Waals surface area contributed by atoms with Gasteiger partial charge in [-0.1, -0.05) is 24.3 Å². The predicted octanol–water partition coefficient (Wildman–Crippen LogP) is 4.15. The molecular formula is C14H10F3NO2. The molecule has 20 heavy (non-hydrogen) atoms. The molecule has 0 saturated carbocycles. The van der Waals surface area contributed by atoms with Crippen molar-refractivity contribution in [2.75, 3.05) is 5.32 Å². The number of carboxylic acids is 1. The largest absolute Gasteiger partial charge is 0.478 e. The molecule has 3 nitrogen and oxygen atoms in total. The molecule has 0 aliphatic carbocycles. The van der Waals surface area contributed by atoms with Crippen molar-refractivity contribution < 1.29 is 23.1 Å². The van der Waals surface area contributed by atoms with Gasteiger partial charge in [-0.2, -0.15) is 13.2 Å². The Morgan fingerprint density at radius 3 is 2.10 bits per heavy atom. The lowest BCUT2D eigenvalue weighted by atomic mass is 10.1. The summed E-state index contributed by atoms with van der Waals surface area (Å²) >= 11 is 0. The molecule has 0 spiro atoms. The van der Waals surface area contributed by atoms with E-state index in [0.717, 1.165) is 6.07 Å². The van der Waals surface area contributed by atoms with Crippen LogP contribution in [0.25, 0.3) is 0 Å². The van der Waals surface area contributed by atoms with Gasteiger partial charge in [0, 0.05) is 0 Å². The van der Waals surface area contributed by atoms with Crippen molar-refractivity contribution in [1.82, 2.24) is 0 Å². The maximum Gasteiger partial charge on any atom is 0.418 e. The fourth-order valence-corrected chi connectivity index (χ4v) is 1.76. The molecule has 2 aromatic carbocycles. The average Bonchev–Trinajstić information content (AvgIpc) is 2.38. The Balaban J connectivity index is 2.44. The second-order valence-corrected chi connectivity index (χ2v) is 4.02. The number of carbonyl (C=O) groups is 1. The van der Waals surface area contributed by atoms with Crippen LogP contribution in [0.4, 0.5) is 24.5 Å². The Labute approximate surface area is 112 Å². The molecule has 2 aromatic rings. The average molecular weight is 281 g/mol. The fraction of sp³-hybridized carbons (Fsp3) is 0.0714. The van der Waals surface area contributed by atoms with Gasteiger partial charge in [0.15, 0.2) is 0 Å². The first-order chi connectivity index (χ1) is 9.39. The van der Waals surface area contributed by atoms with E-state index in [4.69, 9.17) is 5.11 Å². The summed E-state index contributed by atoms with van der Waals surface area (Å²) in [4.78, 5) is 11.0. The van der Waals surface area contributed by atoms with Crippen LogP contribution in [-0.2, 0) is 6.18 Å². The molecule has 0 heterocycles. The molecule has 0 bridgehead atoms. The van der Waals surface area contributed by atoms with Crippen molar-refractivity contribution in [3.05, 3.63) is 59.7 Å². The minimum atomic E-state index is -4.51. The molecule has 0 aromatic heterocycles. The van der Waals surface area contributed by atoms with Crippen molar-refractivity contribution in [2.45, 2.75) is 6.18 Å². The second kappa shape index (κ2) is 5.24. The molecule has 0 amide bonds. The number of rotatable bonds is 3. The lowest BCUT2D eigenvalue weighted by Crippen LogP contribution is -2.10. The number of benzene rings is 2. The number of halogens is 3. The number of alkyl halides is 3. The van der Waals surface area contributed by atoms with E-state index in [2.05, 4.69) is 5.32 Å². The monoisotopic (exact) mass is 281 g/mol. The summed E-state index contributed by atoms with van der Waals surface area (Å²) < 4.78 is 38.6. The van der Waals surface area contributed by atoms with Crippen molar-refractivity contribution >= 4 is 17.3 Å². The molecule has 2 N–H and O–H groups in total. The molecule has 2 rings (SSSR count). The Morgan fingerprint density at radius 1 is 0.950 bits per heavy atom. The molecule has 0 saturated heterocycles. The van der Waals surface area contributed by atoms with Crippen LogP contribution in [0.15, 0.2) is 48.5 Å². The third kappa shape index (κ3) is 2.90. The highest BCUT2D eigenvalue weighted by Crippen LogP contribution is 2.36. The van der Waals surface area contributed by atoms with E-state index < -0.39 is 17.7 Å². The van der Waals surface area contributed by atoms with E-state index in [1.165, 1.54) is 36.4 Å². The number of aromatic carboxylic acids is 1. The van der Waals surface area contributed by atoms with Crippen LogP contribution in [-0.4, -0.2) is 11.1 Å². The molecule has 0 aliphatic heterocycles. The topological polar surface area (TPSA) is 49.3 Å². The van der Waals surface area contributed by atoms with Crippen LogP contribution in [0, 0.1) is 0 Å². The highest BCUT2D eigenvalue weighted by Gasteiger charge is 2.33. The maximum absolute atomic E-state index is 12.9. The van der Waals surface area contributed by atoms with Crippen LogP contribution in [0.1, 0.15) is 15.9 Å². The standard InChI is InChI=1S/C14H10F3NO2/c15-14(16,17)10-6-2-4-8-12(10)18-11-7-3-1-5-9(11)13(19)20/h1-8,18H,(H,19,20). The van der Waals surface area contributed by atoms with Gasteiger partial charge in [0.05, 0.1) is 22.5 Å². The summed E-state index contributed by atoms with van der Waals surface area (Å²) in [6.07, 6.45) is -4.51. The summed E-state index contributed by atoms with van der Waals surface area (Å²) in [5, 5.41) is 11.5. The molecule has 0 fully saturated rings. The molecule has 0 radical (unpaired) electrons. The van der Waals surface area contributed by atoms with Gasteiger partial charge in [-0.25, -0.2) is 4.79 Å². The van der Waals surface area contributed by atoms with Crippen molar-refractivity contribution in [3.8, 4) is 0 Å². The van der Waals surface area contributed by atoms with E-state index in [0.29, 0.717) is 0 Å². The predicted molar refractivity (Wildman–Crippen MR) is 68.1 cm³/mol. The van der Waals surface area contributed by atoms with Gasteiger partial charge in [-0.3, -0.25) is 0 Å². The molecule has 6 heteroatoms. The Bertz CT molecular complexity index is 638. The van der Waals surface area contributed by atoms with Crippen LogP contribution in [0.2, 0.25) is 0 Å². The van der Waals surface area contributed by atoms with Gasteiger partial charge in [0.2, 0.25) is 0 Å². The molecule has 104 valence electrons. The first kappa shape index (κ1) is 13.9. The minimum absolute atomic E-state index is 0.0931. The van der Waals surface area contributed by atoms with Gasteiger partial charge in [-0.15, -0.1) is 0 Å². The summed E-state index contributed by atoms with van der Waals surface area (Å²) in [5.74, 6) is -1.21. The van der Waals surface area contributed by atoms with Crippen LogP contribution < -0.4 is 5.32 Å². The zero-order valence-corrected chi connectivity index (χ0v) is 10.1. The quantitative estimate of drug-likeness (QED) is 0.888. The van der Waals surface area contributed by atoms with Gasteiger partial charge in [0.1, 0.15) is 0 Å². The van der Waals surface area contributed by atoms with Crippen molar-refractivity contribution in [1.29, 1.82) is 0 Å². The SMILES string of the molecule is O=C(O)c1ccccc1Nc1ccccc1C(F)(F)F. The summed E-state index contributed by atoms with van der Waals surface area (Å²) in [7, 11) is 0. The Morgan fingerprint density at radius 2 is 1.50 bits per heavy atom. The summed E-state index contributed by atoms with van der Waals surface area (Å²) in [5.41, 5.74) is -1.02. The van der Waals surface area contributed by atoms with Crippen molar-refractivity contribution in [2.24, 2.45) is 0 Å². The molecule has 0 atom stereocenters. The smallest absolute Gasteiger partial charge is 0.418 e. The first-order valence-electron chi connectivity index (χ1n) is 5.65. The van der Waals surface area contributed by atoms with E-state index in [1.54, 1.807) is 6.07 Å². The number of hydrogen-bond acceptors (Lipinski definition) is 2. The lowest BCUT2D eigenvalue weighted by Gasteiger charge is -2.15. The first-order valence-corrected chi connectivity index (χ1v) is 5.65. The summed E-state index contributed by atoms with van der Waals surface area (Å²) in [6.45, 7) is 0. The highest BCUT2D eigenvalue weighted by atomic mass is 19.4. The summed E-state index contributed by atoms with van der Waals surface area (Å²) in [6, 6.07) is 10.7. The number of hydrogen-bond donors (Lipinski definition) is 2. The minimum Gasteiger partial charge on any atom is -0.478 e. The zero-order chi connectivity index (χ0) is 14.8. The zero-order valence-electron chi connectivity index (χ0n) is 10.1. The van der Waals surface area contributed by atoms with Crippen LogP contribution in [0.3, 0.4) is 0 Å². The van der Waals surface area contributed by atoms with E-state index in [9.17, 15) is 18.0 Å². The van der Waals surface area contributed by atoms with E-state index in [1.807, 2.05) is 0 Å². The number of anilines is 2. The Kier molecular flexibility index (Phi) is 3.65. The fourth-order valence-electron chi connectivity index (χ4n) is 1.76. The molecular weight excluding hydrogens is 271 g/mol. The number of carboxylic acid groups (broad SMARTS) is 1. The highest BCUT2D eigenvalue weighted by molar-refractivity contribution is 5.95. The van der Waals surface area contributed by atoms with E-state index >= 15 is 0 Å². The lowest BCUT2D eigenvalue weighted by molar-refractivity contribution is -0.136. The normalized spacial score (nSPS) is 11.2. The van der Waals surface area contributed by atoms with Gasteiger partial charge >= 0.3 is 12.1 Å². The van der Waals surface area contributed by atoms with Gasteiger partial charge in [-0.05, 0) is 24.3 Å². The third-order valence-corrected chi connectivity index (χ3v) is 2.66. The molecule has 0 aliphatic rings. The molecule has 0 unspecified atom stereocenters. The Hall–Kier alpha value is -2.50. The van der Waals surface area contributed by atoms with Crippen LogP contribution >= 0.6 is 0 Å².